The van der Waals surface area contributed by atoms with Crippen LogP contribution in [0.3, 0.4) is 0 Å². The smallest absolute Gasteiger partial charge is 0.240 e. The Morgan fingerprint density at radius 1 is 1.07 bits per heavy atom. The van der Waals surface area contributed by atoms with Gasteiger partial charge in [0.2, 0.25) is 10.0 Å². The summed E-state index contributed by atoms with van der Waals surface area (Å²) in [5, 5.41) is 15.7. The van der Waals surface area contributed by atoms with Gasteiger partial charge in [0.25, 0.3) is 0 Å². The fourth-order valence-electron chi connectivity index (χ4n) is 2.78. The van der Waals surface area contributed by atoms with E-state index in [1.807, 2.05) is 6.92 Å². The lowest BCUT2D eigenvalue weighted by Crippen LogP contribution is -2.42. The molecule has 0 amide bonds. The number of aliphatic imine (C=N–C) groups is 1. The van der Waals surface area contributed by atoms with Crippen molar-refractivity contribution in [2.45, 2.75) is 44.9 Å². The fraction of sp³-hybridized carbons (Fsp3) is 0.632. The van der Waals surface area contributed by atoms with Crippen LogP contribution < -0.4 is 15.4 Å². The standard InChI is InChI=1S/C19H34N4O3S.HI/c1-4-19(5-2,12-15-24)16-22-18(20-6-3)21-13-14-23-27(25,26)17-10-8-7-9-11-17;/h7-11,23-24H,4-6,12-16H2,1-3H3,(H2,20,21,22);1H. The molecule has 0 aromatic heterocycles. The van der Waals surface area contributed by atoms with E-state index in [4.69, 9.17) is 0 Å². The maximum absolute atomic E-state index is 12.2. The SMILES string of the molecule is CCNC(=NCC(CC)(CC)CCO)NCCNS(=O)(=O)c1ccccc1.I. The number of aliphatic hydroxyl groups excluding tert-OH is 1. The number of nitrogens with one attached hydrogen (secondary N) is 3. The van der Waals surface area contributed by atoms with Crippen LogP contribution in [-0.4, -0.2) is 52.3 Å². The summed E-state index contributed by atoms with van der Waals surface area (Å²) in [4.78, 5) is 4.90. The summed E-state index contributed by atoms with van der Waals surface area (Å²) in [6.45, 7) is 8.38. The number of benzene rings is 1. The summed E-state index contributed by atoms with van der Waals surface area (Å²) in [5.74, 6) is 0.653. The van der Waals surface area contributed by atoms with Gasteiger partial charge in [-0.25, -0.2) is 13.1 Å². The average molecular weight is 526 g/mol. The quantitative estimate of drug-likeness (QED) is 0.145. The molecule has 4 N–H and O–H groups in total. The summed E-state index contributed by atoms with van der Waals surface area (Å²) < 4.78 is 27.0. The fourth-order valence-corrected chi connectivity index (χ4v) is 3.83. The van der Waals surface area contributed by atoms with Crippen molar-refractivity contribution in [3.05, 3.63) is 30.3 Å². The first kappa shape index (κ1) is 27.1. The Morgan fingerprint density at radius 2 is 1.71 bits per heavy atom. The molecule has 1 aromatic carbocycles. The van der Waals surface area contributed by atoms with E-state index in [9.17, 15) is 13.5 Å². The third-order valence-electron chi connectivity index (χ3n) is 4.82. The van der Waals surface area contributed by atoms with Crippen LogP contribution in [0.25, 0.3) is 0 Å². The zero-order valence-corrected chi connectivity index (χ0v) is 20.2. The lowest BCUT2D eigenvalue weighted by Gasteiger charge is -2.29. The first-order valence-corrected chi connectivity index (χ1v) is 11.1. The first-order valence-electron chi connectivity index (χ1n) is 9.60. The van der Waals surface area contributed by atoms with Gasteiger partial charge in [-0.05, 0) is 43.7 Å². The molecule has 0 bridgehead atoms. The molecule has 0 aliphatic carbocycles. The molecule has 28 heavy (non-hydrogen) atoms. The van der Waals surface area contributed by atoms with Crippen molar-refractivity contribution in [1.82, 2.24) is 15.4 Å². The highest BCUT2D eigenvalue weighted by molar-refractivity contribution is 14.0. The van der Waals surface area contributed by atoms with E-state index in [2.05, 4.69) is 34.2 Å². The third kappa shape index (κ3) is 9.06. The van der Waals surface area contributed by atoms with Crippen LogP contribution in [0.1, 0.15) is 40.0 Å². The predicted molar refractivity (Wildman–Crippen MR) is 126 cm³/mol. The maximum atomic E-state index is 12.2. The summed E-state index contributed by atoms with van der Waals surface area (Å²) in [6.07, 6.45) is 2.62. The van der Waals surface area contributed by atoms with Gasteiger partial charge < -0.3 is 15.7 Å². The third-order valence-corrected chi connectivity index (χ3v) is 6.30. The zero-order chi connectivity index (χ0) is 20.2. The minimum absolute atomic E-state index is 0. The van der Waals surface area contributed by atoms with Crippen molar-refractivity contribution in [3.8, 4) is 0 Å². The molecule has 0 saturated heterocycles. The Balaban J connectivity index is 0.00000729. The van der Waals surface area contributed by atoms with Gasteiger partial charge in [-0.2, -0.15) is 0 Å². The van der Waals surface area contributed by atoms with Gasteiger partial charge in [0, 0.05) is 32.8 Å². The van der Waals surface area contributed by atoms with Crippen LogP contribution in [0.4, 0.5) is 0 Å². The van der Waals surface area contributed by atoms with Crippen LogP contribution in [0, 0.1) is 5.41 Å². The normalized spacial score (nSPS) is 12.4. The van der Waals surface area contributed by atoms with Crippen molar-refractivity contribution < 1.29 is 13.5 Å². The van der Waals surface area contributed by atoms with Gasteiger partial charge in [0.1, 0.15) is 0 Å². The molecule has 0 aliphatic rings. The van der Waals surface area contributed by atoms with Crippen molar-refractivity contribution in [2.24, 2.45) is 10.4 Å². The van der Waals surface area contributed by atoms with Crippen LogP contribution in [-0.2, 0) is 10.0 Å². The molecule has 1 rings (SSSR count). The van der Waals surface area contributed by atoms with Crippen LogP contribution in [0.15, 0.2) is 40.2 Å². The molecule has 0 saturated carbocycles. The number of hydrogen-bond acceptors (Lipinski definition) is 4. The van der Waals surface area contributed by atoms with E-state index >= 15 is 0 Å². The van der Waals surface area contributed by atoms with E-state index in [-0.39, 0.29) is 47.4 Å². The molecule has 9 heteroatoms. The van der Waals surface area contributed by atoms with Gasteiger partial charge in [0.05, 0.1) is 4.90 Å². The first-order chi connectivity index (χ1) is 12.9. The van der Waals surface area contributed by atoms with Crippen molar-refractivity contribution in [2.75, 3.05) is 32.8 Å². The molecule has 0 heterocycles. The van der Waals surface area contributed by atoms with E-state index < -0.39 is 10.0 Å². The largest absolute Gasteiger partial charge is 0.396 e. The van der Waals surface area contributed by atoms with E-state index in [0.29, 0.717) is 25.6 Å². The predicted octanol–water partition coefficient (Wildman–Crippen LogP) is 2.33. The number of sulfonamides is 1. The van der Waals surface area contributed by atoms with Crippen LogP contribution in [0.2, 0.25) is 0 Å². The highest BCUT2D eigenvalue weighted by Crippen LogP contribution is 2.30. The van der Waals surface area contributed by atoms with Crippen LogP contribution in [0.5, 0.6) is 0 Å². The lowest BCUT2D eigenvalue weighted by atomic mass is 9.79. The molecule has 0 aliphatic heterocycles. The van der Waals surface area contributed by atoms with E-state index in [1.165, 1.54) is 0 Å². The Labute approximate surface area is 186 Å². The van der Waals surface area contributed by atoms with Gasteiger partial charge in [-0.3, -0.25) is 4.99 Å². The highest BCUT2D eigenvalue weighted by Gasteiger charge is 2.25. The van der Waals surface area contributed by atoms with E-state index in [1.54, 1.807) is 30.3 Å². The maximum Gasteiger partial charge on any atom is 0.240 e. The summed E-state index contributed by atoms with van der Waals surface area (Å²) in [6, 6.07) is 8.31. The Bertz CT molecular complexity index is 665. The molecular weight excluding hydrogens is 491 g/mol. The molecule has 0 fully saturated rings. The number of halogens is 1. The monoisotopic (exact) mass is 526 g/mol. The van der Waals surface area contributed by atoms with Crippen LogP contribution >= 0.6 is 24.0 Å². The number of aliphatic hydroxyl groups is 1. The second-order valence-electron chi connectivity index (χ2n) is 6.51. The van der Waals surface area contributed by atoms with Gasteiger partial charge in [-0.1, -0.05) is 32.0 Å². The number of rotatable bonds is 12. The number of guanidine groups is 1. The molecule has 0 atom stereocenters. The van der Waals surface area contributed by atoms with Crippen molar-refractivity contribution in [3.63, 3.8) is 0 Å². The second kappa shape index (κ2) is 14.1. The molecule has 0 spiro atoms. The summed E-state index contributed by atoms with van der Waals surface area (Å²) in [7, 11) is -3.50. The van der Waals surface area contributed by atoms with Gasteiger partial charge >= 0.3 is 0 Å². The number of hydrogen-bond donors (Lipinski definition) is 4. The van der Waals surface area contributed by atoms with Gasteiger partial charge in [0.15, 0.2) is 5.96 Å². The molecule has 7 nitrogen and oxygen atoms in total. The second-order valence-corrected chi connectivity index (χ2v) is 8.28. The minimum Gasteiger partial charge on any atom is -0.396 e. The lowest BCUT2D eigenvalue weighted by molar-refractivity contribution is 0.175. The summed E-state index contributed by atoms with van der Waals surface area (Å²) >= 11 is 0. The highest BCUT2D eigenvalue weighted by atomic mass is 127. The number of nitrogens with zero attached hydrogens (tertiary/aromatic N) is 1. The Kier molecular flexibility index (Phi) is 13.7. The van der Waals surface area contributed by atoms with E-state index in [0.717, 1.165) is 19.3 Å². The summed E-state index contributed by atoms with van der Waals surface area (Å²) in [5.41, 5.74) is -0.00794. The molecule has 0 radical (unpaired) electrons. The van der Waals surface area contributed by atoms with Crippen molar-refractivity contribution in [1.29, 1.82) is 0 Å². The zero-order valence-electron chi connectivity index (χ0n) is 17.1. The average Bonchev–Trinajstić information content (AvgIpc) is 2.69. The molecule has 162 valence electrons. The van der Waals surface area contributed by atoms with Crippen molar-refractivity contribution >= 4 is 40.0 Å². The molecular formula is C19H35IN4O3S. The van der Waals surface area contributed by atoms with Gasteiger partial charge in [-0.15, -0.1) is 24.0 Å². The molecule has 0 unspecified atom stereocenters. The Hall–Kier alpha value is -0.910. The minimum atomic E-state index is -3.50. The Morgan fingerprint density at radius 3 is 2.25 bits per heavy atom. The topological polar surface area (TPSA) is 103 Å². The molecule has 1 aromatic rings.